The fraction of sp³-hybridized carbons (Fsp3) is 0.350. The molecule has 0 N–H and O–H groups in total. The molecule has 1 atom stereocenters. The second kappa shape index (κ2) is 6.07. The average molecular weight is 306 g/mol. The van der Waals surface area contributed by atoms with Crippen LogP contribution in [0.2, 0.25) is 0 Å². The number of aryl methyl sites for hydroxylation is 1. The summed E-state index contributed by atoms with van der Waals surface area (Å²) in [4.78, 5) is 4.75. The highest BCUT2D eigenvalue weighted by atomic mass is 16.3. The lowest BCUT2D eigenvalue weighted by atomic mass is 10.1. The third kappa shape index (κ3) is 2.96. The topological polar surface area (TPSA) is 31.0 Å². The van der Waals surface area contributed by atoms with Gasteiger partial charge in [0, 0.05) is 29.6 Å². The average Bonchev–Trinajstić information content (AvgIpc) is 3.12. The van der Waals surface area contributed by atoms with Gasteiger partial charge in [-0.15, -0.1) is 0 Å². The van der Waals surface area contributed by atoms with Crippen LogP contribution in [0.15, 0.2) is 59.5 Å². The van der Waals surface area contributed by atoms with Gasteiger partial charge < -0.3 is 8.98 Å². The second-order valence-corrected chi connectivity index (χ2v) is 6.49. The van der Waals surface area contributed by atoms with E-state index < -0.39 is 0 Å². The summed E-state index contributed by atoms with van der Waals surface area (Å²) in [6.45, 7) is 2.28. The van der Waals surface area contributed by atoms with E-state index in [9.17, 15) is 0 Å². The lowest BCUT2D eigenvalue weighted by Gasteiger charge is -2.17. The molecule has 1 aliphatic carbocycles. The second-order valence-electron chi connectivity index (χ2n) is 6.49. The monoisotopic (exact) mass is 306 g/mol. The Morgan fingerprint density at radius 2 is 2.00 bits per heavy atom. The van der Waals surface area contributed by atoms with Gasteiger partial charge in [-0.25, -0.2) is 4.98 Å². The van der Waals surface area contributed by atoms with E-state index in [2.05, 4.69) is 47.9 Å². The Labute approximate surface area is 137 Å². The number of nitrogens with zero attached hydrogens (tertiary/aromatic N) is 2. The van der Waals surface area contributed by atoms with E-state index in [0.717, 1.165) is 24.3 Å². The zero-order valence-corrected chi connectivity index (χ0v) is 13.5. The predicted octanol–water partition coefficient (Wildman–Crippen LogP) is 5.21. The molecule has 0 unspecified atom stereocenters. The van der Waals surface area contributed by atoms with Crippen LogP contribution in [0.4, 0.5) is 0 Å². The SMILES string of the molecule is C[C@@H](CCc1ccco1)n1cnc(-c2ccccc2)c1C1CC1. The molecular formula is C20H22N2O. The van der Waals surface area contributed by atoms with Crippen LogP contribution in [0.5, 0.6) is 0 Å². The Bertz CT molecular complexity index is 754. The first-order chi connectivity index (χ1) is 11.3. The van der Waals surface area contributed by atoms with Gasteiger partial charge in [-0.05, 0) is 38.3 Å². The van der Waals surface area contributed by atoms with Gasteiger partial charge in [0.05, 0.1) is 18.3 Å². The minimum Gasteiger partial charge on any atom is -0.469 e. The smallest absolute Gasteiger partial charge is 0.103 e. The highest BCUT2D eigenvalue weighted by molar-refractivity contribution is 5.63. The minimum absolute atomic E-state index is 0.431. The number of imidazole rings is 1. The molecular weight excluding hydrogens is 284 g/mol. The van der Waals surface area contributed by atoms with Crippen molar-refractivity contribution in [3.63, 3.8) is 0 Å². The van der Waals surface area contributed by atoms with Crippen LogP contribution in [-0.2, 0) is 6.42 Å². The summed E-state index contributed by atoms with van der Waals surface area (Å²) in [6, 6.07) is 15.0. The van der Waals surface area contributed by atoms with Crippen molar-refractivity contribution in [3.05, 3.63) is 66.5 Å². The number of benzene rings is 1. The summed E-state index contributed by atoms with van der Waals surface area (Å²) in [7, 11) is 0. The third-order valence-electron chi connectivity index (χ3n) is 4.71. The van der Waals surface area contributed by atoms with E-state index in [1.165, 1.54) is 24.1 Å². The van der Waals surface area contributed by atoms with Gasteiger partial charge in [-0.2, -0.15) is 0 Å². The normalized spacial score (nSPS) is 15.7. The number of rotatable bonds is 6. The van der Waals surface area contributed by atoms with Crippen LogP contribution in [-0.4, -0.2) is 9.55 Å². The molecule has 23 heavy (non-hydrogen) atoms. The van der Waals surface area contributed by atoms with Gasteiger partial charge in [-0.1, -0.05) is 30.3 Å². The molecule has 1 aromatic carbocycles. The fourth-order valence-electron chi connectivity index (χ4n) is 3.25. The molecule has 3 aromatic rings. The zero-order valence-electron chi connectivity index (χ0n) is 13.5. The molecule has 118 valence electrons. The van der Waals surface area contributed by atoms with Gasteiger partial charge in [0.25, 0.3) is 0 Å². The molecule has 0 radical (unpaired) electrons. The van der Waals surface area contributed by atoms with E-state index in [1.807, 2.05) is 12.4 Å². The van der Waals surface area contributed by atoms with Crippen LogP contribution in [0.1, 0.15) is 49.6 Å². The third-order valence-corrected chi connectivity index (χ3v) is 4.71. The number of hydrogen-bond acceptors (Lipinski definition) is 2. The van der Waals surface area contributed by atoms with E-state index in [-0.39, 0.29) is 0 Å². The number of aromatic nitrogens is 2. The summed E-state index contributed by atoms with van der Waals surface area (Å²) >= 11 is 0. The Balaban J connectivity index is 1.60. The van der Waals surface area contributed by atoms with Crippen molar-refractivity contribution in [2.24, 2.45) is 0 Å². The summed E-state index contributed by atoms with van der Waals surface area (Å²) in [6.07, 6.45) is 8.39. The Morgan fingerprint density at radius 1 is 1.17 bits per heavy atom. The van der Waals surface area contributed by atoms with Crippen molar-refractivity contribution in [2.45, 2.75) is 44.6 Å². The van der Waals surface area contributed by atoms with E-state index in [4.69, 9.17) is 9.40 Å². The highest BCUT2D eigenvalue weighted by Crippen LogP contribution is 2.45. The van der Waals surface area contributed by atoms with Crippen LogP contribution in [0, 0.1) is 0 Å². The predicted molar refractivity (Wildman–Crippen MR) is 91.4 cm³/mol. The molecule has 0 saturated heterocycles. The largest absolute Gasteiger partial charge is 0.469 e. The van der Waals surface area contributed by atoms with Crippen LogP contribution < -0.4 is 0 Å². The summed E-state index contributed by atoms with van der Waals surface area (Å²) < 4.78 is 7.85. The highest BCUT2D eigenvalue weighted by Gasteiger charge is 2.31. The van der Waals surface area contributed by atoms with Crippen LogP contribution in [0.25, 0.3) is 11.3 Å². The molecule has 1 saturated carbocycles. The van der Waals surface area contributed by atoms with Crippen LogP contribution in [0.3, 0.4) is 0 Å². The maximum absolute atomic E-state index is 5.46. The first kappa shape index (κ1) is 14.3. The van der Waals surface area contributed by atoms with Crippen molar-refractivity contribution in [1.82, 2.24) is 9.55 Å². The number of hydrogen-bond donors (Lipinski definition) is 0. The molecule has 0 aliphatic heterocycles. The van der Waals surface area contributed by atoms with Crippen molar-refractivity contribution >= 4 is 0 Å². The van der Waals surface area contributed by atoms with Gasteiger partial charge in [0.15, 0.2) is 0 Å². The van der Waals surface area contributed by atoms with E-state index in [0.29, 0.717) is 12.0 Å². The Hall–Kier alpha value is -2.29. The summed E-state index contributed by atoms with van der Waals surface area (Å²) in [5.41, 5.74) is 3.81. The van der Waals surface area contributed by atoms with Crippen molar-refractivity contribution < 1.29 is 4.42 Å². The maximum Gasteiger partial charge on any atom is 0.103 e. The Morgan fingerprint density at radius 3 is 2.70 bits per heavy atom. The molecule has 0 amide bonds. The van der Waals surface area contributed by atoms with Gasteiger partial charge in [0.1, 0.15) is 5.76 Å². The van der Waals surface area contributed by atoms with Crippen LogP contribution >= 0.6 is 0 Å². The van der Waals surface area contributed by atoms with Crippen molar-refractivity contribution in [2.75, 3.05) is 0 Å². The van der Waals surface area contributed by atoms with Crippen molar-refractivity contribution in [1.29, 1.82) is 0 Å². The standard InChI is InChI=1S/C20H22N2O/c1-15(9-12-18-8-5-13-23-18)22-14-21-19(20(22)17-10-11-17)16-6-3-2-4-7-16/h2-8,13-15,17H,9-12H2,1H3/t15-/m0/s1. The van der Waals surface area contributed by atoms with E-state index >= 15 is 0 Å². The lowest BCUT2D eigenvalue weighted by molar-refractivity contribution is 0.445. The first-order valence-electron chi connectivity index (χ1n) is 8.47. The van der Waals surface area contributed by atoms with Gasteiger partial charge >= 0.3 is 0 Å². The quantitative estimate of drug-likeness (QED) is 0.625. The first-order valence-corrected chi connectivity index (χ1v) is 8.47. The zero-order chi connectivity index (χ0) is 15.6. The molecule has 4 rings (SSSR count). The molecule has 3 heteroatoms. The lowest BCUT2D eigenvalue weighted by Crippen LogP contribution is -2.08. The van der Waals surface area contributed by atoms with Crippen molar-refractivity contribution in [3.8, 4) is 11.3 Å². The Kier molecular flexibility index (Phi) is 3.78. The molecule has 0 bridgehead atoms. The van der Waals surface area contributed by atoms with E-state index in [1.54, 1.807) is 6.26 Å². The summed E-state index contributed by atoms with van der Waals surface area (Å²) in [5, 5.41) is 0. The minimum atomic E-state index is 0.431. The van der Waals surface area contributed by atoms with Gasteiger partial charge in [-0.3, -0.25) is 0 Å². The maximum atomic E-state index is 5.46. The molecule has 3 nitrogen and oxygen atoms in total. The molecule has 0 spiro atoms. The number of furan rings is 1. The molecule has 1 fully saturated rings. The van der Waals surface area contributed by atoms with Gasteiger partial charge in [0.2, 0.25) is 0 Å². The molecule has 1 aliphatic rings. The fourth-order valence-corrected chi connectivity index (χ4v) is 3.25. The molecule has 2 aromatic heterocycles. The summed E-state index contributed by atoms with van der Waals surface area (Å²) in [5.74, 6) is 1.74. The molecule has 2 heterocycles.